The molecule has 5 nitrogen and oxygen atoms in total. The number of aromatic nitrogens is 1. The first kappa shape index (κ1) is 16.3. The van der Waals surface area contributed by atoms with Crippen molar-refractivity contribution in [1.29, 1.82) is 0 Å². The lowest BCUT2D eigenvalue weighted by Crippen LogP contribution is -2.20. The number of fused-ring (bicyclic) bond motifs is 2. The van der Waals surface area contributed by atoms with Crippen LogP contribution in [0, 0.1) is 6.92 Å². The highest BCUT2D eigenvalue weighted by molar-refractivity contribution is 5.92. The van der Waals surface area contributed by atoms with Crippen LogP contribution < -0.4 is 14.8 Å². The Balaban J connectivity index is 1.39. The maximum absolute atomic E-state index is 12.1. The zero-order valence-corrected chi connectivity index (χ0v) is 14.8. The van der Waals surface area contributed by atoms with E-state index in [1.54, 1.807) is 6.08 Å². The monoisotopic (exact) mass is 348 g/mol. The molecular weight excluding hydrogens is 328 g/mol. The number of benzene rings is 2. The summed E-state index contributed by atoms with van der Waals surface area (Å²) in [5.41, 5.74) is 4.38. The van der Waals surface area contributed by atoms with Crippen LogP contribution in [0.15, 0.2) is 48.5 Å². The fraction of sp³-hybridized carbons (Fsp3) is 0.190. The standard InChI is InChI=1S/C21H20N2O3/c1-14-9-17-10-16(3-6-18(17)23(14)2)12-22-21(24)8-5-15-4-7-19-20(11-15)26-13-25-19/h3-11H,12-13H2,1-2H3,(H,22,24). The smallest absolute Gasteiger partial charge is 0.244 e. The second kappa shape index (κ2) is 6.59. The number of hydrogen-bond acceptors (Lipinski definition) is 3. The summed E-state index contributed by atoms with van der Waals surface area (Å²) in [7, 11) is 2.06. The Hall–Kier alpha value is -3.21. The van der Waals surface area contributed by atoms with Crippen LogP contribution in [0.3, 0.4) is 0 Å². The maximum atomic E-state index is 12.1. The number of aryl methyl sites for hydroxylation is 2. The molecule has 0 radical (unpaired) electrons. The fourth-order valence-corrected chi connectivity index (χ4v) is 3.08. The predicted octanol–water partition coefficient (Wildman–Crippen LogP) is 3.55. The summed E-state index contributed by atoms with van der Waals surface area (Å²) in [6, 6.07) is 14.0. The van der Waals surface area contributed by atoms with Crippen molar-refractivity contribution in [3.63, 3.8) is 0 Å². The van der Waals surface area contributed by atoms with Crippen LogP contribution in [-0.2, 0) is 18.4 Å². The van der Waals surface area contributed by atoms with E-state index in [9.17, 15) is 4.79 Å². The van der Waals surface area contributed by atoms with E-state index in [-0.39, 0.29) is 12.7 Å². The molecule has 0 saturated carbocycles. The maximum Gasteiger partial charge on any atom is 0.244 e. The van der Waals surface area contributed by atoms with Crippen molar-refractivity contribution in [3.05, 3.63) is 65.4 Å². The molecule has 1 aromatic heterocycles. The number of nitrogens with one attached hydrogen (secondary N) is 1. The van der Waals surface area contributed by atoms with Crippen LogP contribution in [0.4, 0.5) is 0 Å². The quantitative estimate of drug-likeness (QED) is 0.734. The fourth-order valence-electron chi connectivity index (χ4n) is 3.08. The topological polar surface area (TPSA) is 52.5 Å². The molecule has 0 fully saturated rings. The van der Waals surface area contributed by atoms with Crippen molar-refractivity contribution < 1.29 is 14.3 Å². The molecule has 1 N–H and O–H groups in total. The van der Waals surface area contributed by atoms with E-state index in [0.717, 1.165) is 16.9 Å². The Morgan fingerprint density at radius 1 is 1.15 bits per heavy atom. The number of carbonyl (C=O) groups excluding carboxylic acids is 1. The van der Waals surface area contributed by atoms with Gasteiger partial charge in [-0.3, -0.25) is 4.79 Å². The van der Waals surface area contributed by atoms with Gasteiger partial charge in [-0.2, -0.15) is 0 Å². The van der Waals surface area contributed by atoms with Crippen LogP contribution in [0.1, 0.15) is 16.8 Å². The summed E-state index contributed by atoms with van der Waals surface area (Å²) in [4.78, 5) is 12.1. The minimum absolute atomic E-state index is 0.132. The van der Waals surface area contributed by atoms with Gasteiger partial charge in [0.2, 0.25) is 12.7 Å². The zero-order chi connectivity index (χ0) is 18.1. The number of nitrogens with zero attached hydrogens (tertiary/aromatic N) is 1. The molecule has 26 heavy (non-hydrogen) atoms. The van der Waals surface area contributed by atoms with Gasteiger partial charge in [0.1, 0.15) is 0 Å². The van der Waals surface area contributed by atoms with E-state index < -0.39 is 0 Å². The molecule has 0 bridgehead atoms. The first-order chi connectivity index (χ1) is 12.6. The molecule has 2 heterocycles. The first-order valence-corrected chi connectivity index (χ1v) is 8.51. The molecule has 0 atom stereocenters. The Labute approximate surface area is 151 Å². The van der Waals surface area contributed by atoms with Gasteiger partial charge in [0.15, 0.2) is 11.5 Å². The van der Waals surface area contributed by atoms with Crippen molar-refractivity contribution in [1.82, 2.24) is 9.88 Å². The van der Waals surface area contributed by atoms with Gasteiger partial charge in [-0.05, 0) is 54.5 Å². The SMILES string of the molecule is Cc1cc2cc(CNC(=O)C=Cc3ccc4c(c3)OCO4)ccc2n1C. The lowest BCUT2D eigenvalue weighted by molar-refractivity contribution is -0.116. The van der Waals surface area contributed by atoms with Crippen LogP contribution >= 0.6 is 0 Å². The zero-order valence-electron chi connectivity index (χ0n) is 14.8. The highest BCUT2D eigenvalue weighted by Gasteiger charge is 2.12. The van der Waals surface area contributed by atoms with Crippen LogP contribution in [0.2, 0.25) is 0 Å². The lowest BCUT2D eigenvalue weighted by Gasteiger charge is -2.04. The van der Waals surface area contributed by atoms with Gasteiger partial charge in [0, 0.05) is 36.3 Å². The lowest BCUT2D eigenvalue weighted by atomic mass is 10.1. The normalized spacial score (nSPS) is 12.8. The van der Waals surface area contributed by atoms with Crippen LogP contribution in [-0.4, -0.2) is 17.3 Å². The molecule has 0 aliphatic carbocycles. The molecule has 4 rings (SSSR count). The summed E-state index contributed by atoms with van der Waals surface area (Å²) < 4.78 is 12.8. The number of hydrogen-bond donors (Lipinski definition) is 1. The summed E-state index contributed by atoms with van der Waals surface area (Å²) in [6.45, 7) is 2.82. The molecule has 0 unspecified atom stereocenters. The minimum Gasteiger partial charge on any atom is -0.454 e. The highest BCUT2D eigenvalue weighted by atomic mass is 16.7. The van der Waals surface area contributed by atoms with Gasteiger partial charge in [-0.15, -0.1) is 0 Å². The first-order valence-electron chi connectivity index (χ1n) is 8.51. The summed E-state index contributed by atoms with van der Waals surface area (Å²) in [5, 5.41) is 4.11. The van der Waals surface area contributed by atoms with Crippen molar-refractivity contribution in [2.24, 2.45) is 7.05 Å². The Morgan fingerprint density at radius 2 is 2.00 bits per heavy atom. The third-order valence-corrected chi connectivity index (χ3v) is 4.64. The van der Waals surface area contributed by atoms with Crippen molar-refractivity contribution in [2.75, 3.05) is 6.79 Å². The van der Waals surface area contributed by atoms with E-state index in [0.29, 0.717) is 12.3 Å². The molecule has 5 heteroatoms. The molecule has 132 valence electrons. The molecule has 0 saturated heterocycles. The number of carbonyl (C=O) groups is 1. The third kappa shape index (κ3) is 3.16. The van der Waals surface area contributed by atoms with Gasteiger partial charge in [-0.25, -0.2) is 0 Å². The van der Waals surface area contributed by atoms with Crippen LogP contribution in [0.25, 0.3) is 17.0 Å². The molecular formula is C21H20N2O3. The Kier molecular flexibility index (Phi) is 4.13. The van der Waals surface area contributed by atoms with E-state index >= 15 is 0 Å². The molecule has 1 aliphatic heterocycles. The predicted molar refractivity (Wildman–Crippen MR) is 101 cm³/mol. The summed E-state index contributed by atoms with van der Waals surface area (Å²) in [5.74, 6) is 1.31. The van der Waals surface area contributed by atoms with Crippen molar-refractivity contribution in [3.8, 4) is 11.5 Å². The van der Waals surface area contributed by atoms with E-state index in [1.807, 2.05) is 24.3 Å². The van der Waals surface area contributed by atoms with Gasteiger partial charge < -0.3 is 19.4 Å². The summed E-state index contributed by atoms with van der Waals surface area (Å²) >= 11 is 0. The number of ether oxygens (including phenoxy) is 2. The third-order valence-electron chi connectivity index (χ3n) is 4.64. The van der Waals surface area contributed by atoms with E-state index in [1.165, 1.54) is 22.7 Å². The van der Waals surface area contributed by atoms with E-state index in [4.69, 9.17) is 9.47 Å². The Bertz CT molecular complexity index is 1020. The van der Waals surface area contributed by atoms with Gasteiger partial charge >= 0.3 is 0 Å². The number of amides is 1. The largest absolute Gasteiger partial charge is 0.454 e. The molecule has 0 spiro atoms. The molecule has 1 aliphatic rings. The average Bonchev–Trinajstić information content (AvgIpc) is 3.22. The van der Waals surface area contributed by atoms with Gasteiger partial charge in [0.25, 0.3) is 0 Å². The highest BCUT2D eigenvalue weighted by Crippen LogP contribution is 2.32. The summed E-state index contributed by atoms with van der Waals surface area (Å²) in [6.07, 6.45) is 3.30. The second-order valence-electron chi connectivity index (χ2n) is 6.40. The van der Waals surface area contributed by atoms with Crippen molar-refractivity contribution >= 4 is 22.9 Å². The average molecular weight is 348 g/mol. The Morgan fingerprint density at radius 3 is 2.88 bits per heavy atom. The molecule has 3 aromatic rings. The van der Waals surface area contributed by atoms with Gasteiger partial charge in [0.05, 0.1) is 0 Å². The van der Waals surface area contributed by atoms with Crippen molar-refractivity contribution in [2.45, 2.75) is 13.5 Å². The molecule has 1 amide bonds. The van der Waals surface area contributed by atoms with Crippen LogP contribution in [0.5, 0.6) is 11.5 Å². The number of rotatable bonds is 4. The van der Waals surface area contributed by atoms with E-state index in [2.05, 4.69) is 42.1 Å². The molecule has 2 aromatic carbocycles. The second-order valence-corrected chi connectivity index (χ2v) is 6.40. The van der Waals surface area contributed by atoms with Gasteiger partial charge in [-0.1, -0.05) is 12.1 Å². The minimum atomic E-state index is -0.132.